The van der Waals surface area contributed by atoms with Gasteiger partial charge in [0.1, 0.15) is 0 Å². The van der Waals surface area contributed by atoms with Gasteiger partial charge in [-0.15, -0.1) is 0 Å². The minimum Gasteiger partial charge on any atom is -0.490 e. The second-order valence-electron chi connectivity index (χ2n) is 5.94. The van der Waals surface area contributed by atoms with E-state index in [2.05, 4.69) is 44.3 Å². The molecule has 3 heteroatoms. The lowest BCUT2D eigenvalue weighted by Crippen LogP contribution is -2.36. The van der Waals surface area contributed by atoms with Gasteiger partial charge in [0.25, 0.3) is 0 Å². The maximum absolute atomic E-state index is 5.63. The van der Waals surface area contributed by atoms with Gasteiger partial charge in [0.05, 0.1) is 13.2 Å². The molecule has 0 spiro atoms. The van der Waals surface area contributed by atoms with E-state index >= 15 is 0 Å². The van der Waals surface area contributed by atoms with Gasteiger partial charge in [-0.2, -0.15) is 0 Å². The van der Waals surface area contributed by atoms with E-state index in [1.165, 1.54) is 0 Å². The van der Waals surface area contributed by atoms with Crippen molar-refractivity contribution in [3.8, 4) is 11.5 Å². The predicted molar refractivity (Wildman–Crippen MR) is 90.2 cm³/mol. The SMILES string of the molecule is CCOc1ccc(C=CCCNC(C)(C)C)cc1OCC. The van der Waals surface area contributed by atoms with E-state index in [0.717, 1.165) is 30.0 Å². The molecule has 0 fully saturated rings. The quantitative estimate of drug-likeness (QED) is 0.725. The molecule has 0 atom stereocenters. The largest absolute Gasteiger partial charge is 0.490 e. The van der Waals surface area contributed by atoms with Gasteiger partial charge in [0.2, 0.25) is 0 Å². The number of hydrogen-bond donors (Lipinski definition) is 1. The van der Waals surface area contributed by atoms with Crippen molar-refractivity contribution in [1.82, 2.24) is 5.32 Å². The van der Waals surface area contributed by atoms with E-state index in [0.29, 0.717) is 13.2 Å². The van der Waals surface area contributed by atoms with E-state index in [1.54, 1.807) is 0 Å². The van der Waals surface area contributed by atoms with Crippen molar-refractivity contribution < 1.29 is 9.47 Å². The lowest BCUT2D eigenvalue weighted by atomic mass is 10.1. The summed E-state index contributed by atoms with van der Waals surface area (Å²) in [5.74, 6) is 1.63. The summed E-state index contributed by atoms with van der Waals surface area (Å²) in [5.41, 5.74) is 1.31. The first-order valence-electron chi connectivity index (χ1n) is 7.77. The molecule has 0 amide bonds. The first-order chi connectivity index (χ1) is 9.96. The van der Waals surface area contributed by atoms with Crippen LogP contribution in [0.5, 0.6) is 11.5 Å². The fraction of sp³-hybridized carbons (Fsp3) is 0.556. The summed E-state index contributed by atoms with van der Waals surface area (Å²) in [4.78, 5) is 0. The Labute approximate surface area is 129 Å². The average Bonchev–Trinajstić information content (AvgIpc) is 2.40. The molecule has 0 radical (unpaired) electrons. The van der Waals surface area contributed by atoms with Crippen LogP contribution < -0.4 is 14.8 Å². The first-order valence-corrected chi connectivity index (χ1v) is 7.77. The van der Waals surface area contributed by atoms with Crippen LogP contribution in [0, 0.1) is 0 Å². The van der Waals surface area contributed by atoms with Crippen LogP contribution in [-0.2, 0) is 0 Å². The van der Waals surface area contributed by atoms with Gasteiger partial charge in [0.15, 0.2) is 11.5 Å². The van der Waals surface area contributed by atoms with Crippen LogP contribution in [-0.4, -0.2) is 25.3 Å². The maximum Gasteiger partial charge on any atom is 0.161 e. The molecule has 1 rings (SSSR count). The molecule has 0 aliphatic rings. The van der Waals surface area contributed by atoms with Crippen molar-refractivity contribution in [2.24, 2.45) is 0 Å². The molecule has 3 nitrogen and oxygen atoms in total. The van der Waals surface area contributed by atoms with Gasteiger partial charge in [-0.3, -0.25) is 0 Å². The van der Waals surface area contributed by atoms with E-state index in [-0.39, 0.29) is 5.54 Å². The zero-order chi connectivity index (χ0) is 15.7. The Hall–Kier alpha value is -1.48. The number of nitrogens with one attached hydrogen (secondary N) is 1. The Bertz CT molecular complexity index is 447. The van der Waals surface area contributed by atoms with E-state index in [4.69, 9.17) is 9.47 Å². The van der Waals surface area contributed by atoms with Crippen molar-refractivity contribution in [2.45, 2.75) is 46.6 Å². The van der Waals surface area contributed by atoms with Crippen molar-refractivity contribution in [3.05, 3.63) is 29.8 Å². The van der Waals surface area contributed by atoms with Gasteiger partial charge < -0.3 is 14.8 Å². The number of hydrogen-bond acceptors (Lipinski definition) is 3. The summed E-state index contributed by atoms with van der Waals surface area (Å²) in [7, 11) is 0. The smallest absolute Gasteiger partial charge is 0.161 e. The van der Waals surface area contributed by atoms with E-state index in [9.17, 15) is 0 Å². The van der Waals surface area contributed by atoms with Crippen LogP contribution in [0.4, 0.5) is 0 Å². The van der Waals surface area contributed by atoms with Gasteiger partial charge in [0, 0.05) is 5.54 Å². The molecule has 1 N–H and O–H groups in total. The monoisotopic (exact) mass is 291 g/mol. The van der Waals surface area contributed by atoms with Gasteiger partial charge in [-0.1, -0.05) is 18.2 Å². The number of rotatable bonds is 8. The molecule has 21 heavy (non-hydrogen) atoms. The van der Waals surface area contributed by atoms with Gasteiger partial charge in [-0.25, -0.2) is 0 Å². The maximum atomic E-state index is 5.63. The third kappa shape index (κ3) is 7.19. The van der Waals surface area contributed by atoms with Crippen LogP contribution >= 0.6 is 0 Å². The number of ether oxygens (including phenoxy) is 2. The molecule has 0 unspecified atom stereocenters. The Balaban J connectivity index is 2.60. The second-order valence-corrected chi connectivity index (χ2v) is 5.94. The normalized spacial score (nSPS) is 11.9. The summed E-state index contributed by atoms with van der Waals surface area (Å²) in [6, 6.07) is 6.06. The average molecular weight is 291 g/mol. The van der Waals surface area contributed by atoms with Crippen molar-refractivity contribution in [3.63, 3.8) is 0 Å². The lowest BCUT2D eigenvalue weighted by molar-refractivity contribution is 0.287. The summed E-state index contributed by atoms with van der Waals surface area (Å²) >= 11 is 0. The zero-order valence-corrected chi connectivity index (χ0v) is 14.0. The Morgan fingerprint density at radius 1 is 1.05 bits per heavy atom. The predicted octanol–water partition coefficient (Wildman–Crippen LogP) is 4.28. The van der Waals surface area contributed by atoms with Crippen LogP contribution in [0.3, 0.4) is 0 Å². The third-order valence-electron chi connectivity index (χ3n) is 2.84. The molecule has 1 aromatic carbocycles. The summed E-state index contributed by atoms with van der Waals surface area (Å²) in [6.45, 7) is 12.8. The molecule has 1 aromatic rings. The van der Waals surface area contributed by atoms with Crippen molar-refractivity contribution in [2.75, 3.05) is 19.8 Å². The summed E-state index contributed by atoms with van der Waals surface area (Å²) in [6.07, 6.45) is 5.32. The van der Waals surface area contributed by atoms with E-state index in [1.807, 2.05) is 26.0 Å². The number of benzene rings is 1. The molecular formula is C18H29NO2. The fourth-order valence-corrected chi connectivity index (χ4v) is 1.92. The highest BCUT2D eigenvalue weighted by molar-refractivity contribution is 5.55. The van der Waals surface area contributed by atoms with Gasteiger partial charge in [-0.05, 0) is 65.3 Å². The minimum atomic E-state index is 0.176. The standard InChI is InChI=1S/C18H29NO2/c1-6-20-16-12-11-15(14-17(16)21-7-2)10-8-9-13-19-18(3,4)5/h8,10-12,14,19H,6-7,9,13H2,1-5H3. The highest BCUT2D eigenvalue weighted by atomic mass is 16.5. The minimum absolute atomic E-state index is 0.176. The fourth-order valence-electron chi connectivity index (χ4n) is 1.92. The lowest BCUT2D eigenvalue weighted by Gasteiger charge is -2.19. The zero-order valence-electron chi connectivity index (χ0n) is 14.0. The molecule has 0 saturated heterocycles. The molecule has 0 bridgehead atoms. The molecule has 0 saturated carbocycles. The third-order valence-corrected chi connectivity index (χ3v) is 2.84. The summed E-state index contributed by atoms with van der Waals surface area (Å²) in [5, 5.41) is 3.47. The molecule has 118 valence electrons. The Morgan fingerprint density at radius 3 is 2.33 bits per heavy atom. The Morgan fingerprint density at radius 2 is 1.71 bits per heavy atom. The molecule has 0 aliphatic carbocycles. The van der Waals surface area contributed by atoms with Crippen LogP contribution in [0.1, 0.15) is 46.6 Å². The summed E-state index contributed by atoms with van der Waals surface area (Å²) < 4.78 is 11.2. The molecule has 0 aromatic heterocycles. The topological polar surface area (TPSA) is 30.5 Å². The molecule has 0 aliphatic heterocycles. The van der Waals surface area contributed by atoms with Crippen molar-refractivity contribution in [1.29, 1.82) is 0 Å². The molecular weight excluding hydrogens is 262 g/mol. The molecule has 0 heterocycles. The van der Waals surface area contributed by atoms with E-state index < -0.39 is 0 Å². The van der Waals surface area contributed by atoms with Crippen molar-refractivity contribution >= 4 is 6.08 Å². The highest BCUT2D eigenvalue weighted by Gasteiger charge is 2.06. The highest BCUT2D eigenvalue weighted by Crippen LogP contribution is 2.29. The van der Waals surface area contributed by atoms with Crippen LogP contribution in [0.25, 0.3) is 6.08 Å². The first kappa shape index (κ1) is 17.6. The van der Waals surface area contributed by atoms with Crippen LogP contribution in [0.2, 0.25) is 0 Å². The van der Waals surface area contributed by atoms with Crippen LogP contribution in [0.15, 0.2) is 24.3 Å². The second kappa shape index (κ2) is 8.73. The van der Waals surface area contributed by atoms with Gasteiger partial charge >= 0.3 is 0 Å². The Kier molecular flexibility index (Phi) is 7.30.